The molecule has 2 nitrogen and oxygen atoms in total. The Hall–Kier alpha value is -0.890. The highest BCUT2D eigenvalue weighted by Gasteiger charge is 2.20. The Kier molecular flexibility index (Phi) is 8.52. The van der Waals surface area contributed by atoms with Gasteiger partial charge in [0, 0.05) is 24.0 Å². The van der Waals surface area contributed by atoms with Gasteiger partial charge in [0.25, 0.3) is 0 Å². The van der Waals surface area contributed by atoms with Crippen LogP contribution in [-0.4, -0.2) is 11.0 Å². The molecule has 1 heterocycles. The van der Waals surface area contributed by atoms with Crippen molar-refractivity contribution >= 4 is 0 Å². The summed E-state index contributed by atoms with van der Waals surface area (Å²) in [5, 5.41) is 3.59. The van der Waals surface area contributed by atoms with Crippen molar-refractivity contribution in [2.24, 2.45) is 0 Å². The second kappa shape index (κ2) is 9.93. The predicted molar refractivity (Wildman–Crippen MR) is 88.1 cm³/mol. The van der Waals surface area contributed by atoms with E-state index in [-0.39, 0.29) is 0 Å². The van der Waals surface area contributed by atoms with Gasteiger partial charge in [-0.05, 0) is 49.8 Å². The summed E-state index contributed by atoms with van der Waals surface area (Å²) in [6, 6.07) is 5.34. The van der Waals surface area contributed by atoms with Crippen LogP contribution in [0.5, 0.6) is 0 Å². The lowest BCUT2D eigenvalue weighted by molar-refractivity contribution is 0.678. The summed E-state index contributed by atoms with van der Waals surface area (Å²) in [6.45, 7) is 9.46. The smallest absolute Gasteiger partial charge is 0.0410 e. The van der Waals surface area contributed by atoms with Gasteiger partial charge in [-0.3, -0.25) is 4.98 Å². The monoisotopic (exact) mass is 276 g/mol. The van der Waals surface area contributed by atoms with Gasteiger partial charge in [-0.25, -0.2) is 0 Å². The number of rotatable bonds is 8. The molecule has 1 fully saturated rings. The third-order valence-electron chi connectivity index (χ3n) is 3.56. The fraction of sp³-hybridized carbons (Fsp3) is 0.722. The van der Waals surface area contributed by atoms with Gasteiger partial charge in [0.2, 0.25) is 0 Å². The van der Waals surface area contributed by atoms with Crippen LogP contribution in [0.15, 0.2) is 12.1 Å². The molecule has 1 aromatic rings. The summed E-state index contributed by atoms with van der Waals surface area (Å²) in [5.74, 6) is 0. The maximum Gasteiger partial charge on any atom is 0.0410 e. The number of aryl methyl sites for hydroxylation is 2. The van der Waals surface area contributed by atoms with E-state index in [1.807, 2.05) is 13.8 Å². The summed E-state index contributed by atoms with van der Waals surface area (Å²) in [7, 11) is 0. The van der Waals surface area contributed by atoms with Crippen LogP contribution in [0.4, 0.5) is 0 Å². The van der Waals surface area contributed by atoms with Crippen molar-refractivity contribution in [3.8, 4) is 0 Å². The first kappa shape index (κ1) is 17.2. The molecular formula is C18H32N2. The molecule has 0 atom stereocenters. The largest absolute Gasteiger partial charge is 0.310 e. The lowest BCUT2D eigenvalue weighted by Crippen LogP contribution is -2.16. The van der Waals surface area contributed by atoms with E-state index in [1.54, 1.807) is 0 Å². The normalized spacial score (nSPS) is 13.8. The second-order valence-corrected chi connectivity index (χ2v) is 5.42. The van der Waals surface area contributed by atoms with E-state index in [0.29, 0.717) is 0 Å². The average molecular weight is 276 g/mol. The van der Waals surface area contributed by atoms with Crippen molar-refractivity contribution in [1.82, 2.24) is 10.3 Å². The van der Waals surface area contributed by atoms with Crippen LogP contribution < -0.4 is 5.32 Å². The van der Waals surface area contributed by atoms with Crippen molar-refractivity contribution < 1.29 is 0 Å². The van der Waals surface area contributed by atoms with E-state index in [2.05, 4.69) is 31.3 Å². The number of unbranched alkanes of at least 4 members (excludes halogenated alkanes) is 2. The minimum Gasteiger partial charge on any atom is -0.310 e. The van der Waals surface area contributed by atoms with Gasteiger partial charge in [0.15, 0.2) is 0 Å². The van der Waals surface area contributed by atoms with Crippen LogP contribution >= 0.6 is 0 Å². The summed E-state index contributed by atoms with van der Waals surface area (Å²) >= 11 is 0. The van der Waals surface area contributed by atoms with E-state index < -0.39 is 0 Å². The Morgan fingerprint density at radius 1 is 1.10 bits per heavy atom. The van der Waals surface area contributed by atoms with E-state index in [1.165, 1.54) is 49.1 Å². The van der Waals surface area contributed by atoms with Crippen LogP contribution in [0.3, 0.4) is 0 Å². The van der Waals surface area contributed by atoms with Crippen LogP contribution in [0.2, 0.25) is 0 Å². The molecule has 0 radical (unpaired) electrons. The fourth-order valence-electron chi connectivity index (χ4n) is 2.24. The first-order chi connectivity index (χ1) is 9.81. The van der Waals surface area contributed by atoms with Crippen molar-refractivity contribution in [3.05, 3.63) is 29.1 Å². The van der Waals surface area contributed by atoms with Gasteiger partial charge in [-0.1, -0.05) is 40.5 Å². The molecule has 1 aromatic heterocycles. The number of aromatic nitrogens is 1. The maximum absolute atomic E-state index is 4.74. The molecule has 0 saturated heterocycles. The zero-order valence-electron chi connectivity index (χ0n) is 13.8. The molecule has 1 N–H and O–H groups in total. The summed E-state index contributed by atoms with van der Waals surface area (Å²) in [6.07, 6.45) is 8.75. The van der Waals surface area contributed by atoms with Crippen LogP contribution in [0, 0.1) is 0 Å². The topological polar surface area (TPSA) is 24.9 Å². The highest BCUT2D eigenvalue weighted by Crippen LogP contribution is 2.19. The lowest BCUT2D eigenvalue weighted by Gasteiger charge is -2.09. The average Bonchev–Trinajstić information content (AvgIpc) is 3.31. The maximum atomic E-state index is 4.74. The molecule has 2 heteroatoms. The molecule has 1 aliphatic rings. The van der Waals surface area contributed by atoms with Crippen LogP contribution in [0.1, 0.15) is 76.8 Å². The second-order valence-electron chi connectivity index (χ2n) is 5.42. The van der Waals surface area contributed by atoms with Gasteiger partial charge >= 0.3 is 0 Å². The zero-order valence-corrected chi connectivity index (χ0v) is 13.8. The van der Waals surface area contributed by atoms with E-state index >= 15 is 0 Å². The van der Waals surface area contributed by atoms with E-state index in [4.69, 9.17) is 4.98 Å². The summed E-state index contributed by atoms with van der Waals surface area (Å²) in [5.41, 5.74) is 3.95. The van der Waals surface area contributed by atoms with Crippen LogP contribution in [-0.2, 0) is 19.4 Å². The van der Waals surface area contributed by atoms with Crippen molar-refractivity contribution in [1.29, 1.82) is 0 Å². The van der Waals surface area contributed by atoms with Crippen molar-refractivity contribution in [2.45, 2.75) is 85.2 Å². The van der Waals surface area contributed by atoms with Gasteiger partial charge in [0.1, 0.15) is 0 Å². The standard InChI is InChI=1S/C16H26N2.C2H6/c1-3-5-6-7-16-11-13(10-14(4-2)18-16)12-17-15-8-9-15;1-2/h10-11,15,17H,3-9,12H2,1-2H3;1-2H3. The van der Waals surface area contributed by atoms with Crippen LogP contribution in [0.25, 0.3) is 0 Å². The Morgan fingerprint density at radius 3 is 2.40 bits per heavy atom. The third kappa shape index (κ3) is 6.51. The molecule has 2 rings (SSSR count). The molecular weight excluding hydrogens is 244 g/mol. The highest BCUT2D eigenvalue weighted by atomic mass is 14.9. The van der Waals surface area contributed by atoms with Crippen molar-refractivity contribution in [3.63, 3.8) is 0 Å². The highest BCUT2D eigenvalue weighted by molar-refractivity contribution is 5.22. The van der Waals surface area contributed by atoms with Gasteiger partial charge in [-0.2, -0.15) is 0 Å². The van der Waals surface area contributed by atoms with Crippen molar-refractivity contribution in [2.75, 3.05) is 0 Å². The number of hydrogen-bond acceptors (Lipinski definition) is 2. The molecule has 0 aromatic carbocycles. The number of hydrogen-bond donors (Lipinski definition) is 1. The number of nitrogens with one attached hydrogen (secondary N) is 1. The van der Waals surface area contributed by atoms with Gasteiger partial charge in [-0.15, -0.1) is 0 Å². The molecule has 0 unspecified atom stereocenters. The van der Waals surface area contributed by atoms with E-state index in [0.717, 1.165) is 25.4 Å². The summed E-state index contributed by atoms with van der Waals surface area (Å²) in [4.78, 5) is 4.74. The Balaban J connectivity index is 0.000000956. The molecule has 0 amide bonds. The molecule has 20 heavy (non-hydrogen) atoms. The first-order valence-corrected chi connectivity index (χ1v) is 8.54. The minimum absolute atomic E-state index is 0.784. The first-order valence-electron chi connectivity index (χ1n) is 8.54. The lowest BCUT2D eigenvalue weighted by atomic mass is 10.1. The fourth-order valence-corrected chi connectivity index (χ4v) is 2.24. The Labute approximate surface area is 125 Å². The zero-order chi connectivity index (χ0) is 14.8. The Morgan fingerprint density at radius 2 is 1.80 bits per heavy atom. The summed E-state index contributed by atoms with van der Waals surface area (Å²) < 4.78 is 0. The van der Waals surface area contributed by atoms with E-state index in [9.17, 15) is 0 Å². The number of pyridine rings is 1. The predicted octanol–water partition coefficient (Wildman–Crippen LogP) is 4.65. The molecule has 0 spiro atoms. The van der Waals surface area contributed by atoms with Gasteiger partial charge < -0.3 is 5.32 Å². The molecule has 1 aliphatic carbocycles. The molecule has 0 aliphatic heterocycles. The Bertz CT molecular complexity index is 370. The molecule has 1 saturated carbocycles. The third-order valence-corrected chi connectivity index (χ3v) is 3.56. The molecule has 114 valence electrons. The SMILES string of the molecule is CC.CCCCCc1cc(CNC2CC2)cc(CC)n1. The number of nitrogens with zero attached hydrogens (tertiary/aromatic N) is 1. The van der Waals surface area contributed by atoms with Gasteiger partial charge in [0.05, 0.1) is 0 Å². The minimum atomic E-state index is 0.784. The quantitative estimate of drug-likeness (QED) is 0.699. The molecule has 0 bridgehead atoms.